The Morgan fingerprint density at radius 1 is 1.41 bits per heavy atom. The Morgan fingerprint density at radius 3 is 3.18 bits per heavy atom. The second-order valence-electron chi connectivity index (χ2n) is 5.04. The predicted molar refractivity (Wildman–Crippen MR) is 66.5 cm³/mol. The van der Waals surface area contributed by atoms with Crippen LogP contribution in [-0.2, 0) is 6.42 Å². The maximum absolute atomic E-state index is 5.55. The Kier molecular flexibility index (Phi) is 2.93. The fraction of sp³-hybridized carbons (Fsp3) is 0.571. The molecule has 1 aromatic rings. The van der Waals surface area contributed by atoms with Gasteiger partial charge in [0, 0.05) is 6.04 Å². The van der Waals surface area contributed by atoms with E-state index in [-0.39, 0.29) is 0 Å². The fourth-order valence-electron chi connectivity index (χ4n) is 2.84. The van der Waals surface area contributed by atoms with Gasteiger partial charge in [0.1, 0.15) is 0 Å². The van der Waals surface area contributed by atoms with Gasteiger partial charge in [-0.25, -0.2) is 0 Å². The van der Waals surface area contributed by atoms with Crippen molar-refractivity contribution in [3.63, 3.8) is 0 Å². The number of fused-ring (bicyclic) bond motifs is 1. The van der Waals surface area contributed by atoms with E-state index in [0.29, 0.717) is 18.8 Å². The minimum absolute atomic E-state index is 0.363. The van der Waals surface area contributed by atoms with Crippen LogP contribution in [0.1, 0.15) is 25.3 Å². The van der Waals surface area contributed by atoms with Gasteiger partial charge in [-0.15, -0.1) is 0 Å². The van der Waals surface area contributed by atoms with Gasteiger partial charge in [-0.2, -0.15) is 0 Å². The molecule has 0 spiro atoms. The van der Waals surface area contributed by atoms with Crippen LogP contribution in [0.25, 0.3) is 0 Å². The molecular formula is C14H19NO2. The van der Waals surface area contributed by atoms with Gasteiger partial charge in [0.15, 0.2) is 11.5 Å². The quantitative estimate of drug-likeness (QED) is 0.869. The summed E-state index contributed by atoms with van der Waals surface area (Å²) in [6.07, 6.45) is 3.67. The molecule has 3 nitrogen and oxygen atoms in total. The molecule has 2 aliphatic heterocycles. The molecule has 92 valence electrons. The fourth-order valence-corrected chi connectivity index (χ4v) is 2.84. The highest BCUT2D eigenvalue weighted by Gasteiger charge is 2.24. The van der Waals surface area contributed by atoms with E-state index in [2.05, 4.69) is 24.4 Å². The summed E-state index contributed by atoms with van der Waals surface area (Å²) in [5.41, 5.74) is 1.28. The first kappa shape index (κ1) is 10.9. The Labute approximate surface area is 102 Å². The topological polar surface area (TPSA) is 30.5 Å². The standard InChI is InChI=1S/C14H19NO2/c1-10(12-5-3-7-15-12)8-11-4-2-6-13-14(11)17-9-16-13/h2,4,6,10,12,15H,3,5,7-9H2,1H3. The van der Waals surface area contributed by atoms with Gasteiger partial charge in [0.2, 0.25) is 6.79 Å². The van der Waals surface area contributed by atoms with Crippen molar-refractivity contribution >= 4 is 0 Å². The zero-order chi connectivity index (χ0) is 11.7. The third-order valence-corrected chi connectivity index (χ3v) is 3.81. The smallest absolute Gasteiger partial charge is 0.231 e. The van der Waals surface area contributed by atoms with Crippen LogP contribution in [0, 0.1) is 5.92 Å². The van der Waals surface area contributed by atoms with Crippen LogP contribution >= 0.6 is 0 Å². The molecule has 1 fully saturated rings. The van der Waals surface area contributed by atoms with Crippen LogP contribution < -0.4 is 14.8 Å². The lowest BCUT2D eigenvalue weighted by Gasteiger charge is -2.20. The Morgan fingerprint density at radius 2 is 2.35 bits per heavy atom. The second kappa shape index (κ2) is 4.57. The van der Waals surface area contributed by atoms with Crippen molar-refractivity contribution in [2.24, 2.45) is 5.92 Å². The number of hydrogen-bond acceptors (Lipinski definition) is 3. The first-order chi connectivity index (χ1) is 8.34. The highest BCUT2D eigenvalue weighted by atomic mass is 16.7. The van der Waals surface area contributed by atoms with Crippen molar-refractivity contribution in [2.45, 2.75) is 32.2 Å². The summed E-state index contributed by atoms with van der Waals surface area (Å²) < 4.78 is 11.0. The highest BCUT2D eigenvalue weighted by molar-refractivity contribution is 5.48. The molecule has 0 aliphatic carbocycles. The normalized spacial score (nSPS) is 23.9. The molecule has 2 aliphatic rings. The maximum atomic E-state index is 5.55. The van der Waals surface area contributed by atoms with Crippen LogP contribution in [-0.4, -0.2) is 19.4 Å². The molecule has 2 heterocycles. The average molecular weight is 233 g/mol. The van der Waals surface area contributed by atoms with Crippen molar-refractivity contribution in [1.29, 1.82) is 0 Å². The molecule has 0 amide bonds. The molecule has 0 saturated carbocycles. The molecule has 3 heteroatoms. The van der Waals surface area contributed by atoms with E-state index in [9.17, 15) is 0 Å². The summed E-state index contributed by atoms with van der Waals surface area (Å²) in [6.45, 7) is 3.85. The monoisotopic (exact) mass is 233 g/mol. The van der Waals surface area contributed by atoms with Gasteiger partial charge in [-0.05, 0) is 43.4 Å². The summed E-state index contributed by atoms with van der Waals surface area (Å²) in [5.74, 6) is 2.50. The van der Waals surface area contributed by atoms with Crippen LogP contribution in [0.2, 0.25) is 0 Å². The van der Waals surface area contributed by atoms with E-state index in [1.807, 2.05) is 6.07 Å². The Bertz CT molecular complexity index is 399. The third-order valence-electron chi connectivity index (χ3n) is 3.81. The first-order valence-corrected chi connectivity index (χ1v) is 6.45. The van der Waals surface area contributed by atoms with Crippen LogP contribution in [0.5, 0.6) is 11.5 Å². The lowest BCUT2D eigenvalue weighted by molar-refractivity contribution is 0.173. The van der Waals surface area contributed by atoms with Crippen molar-refractivity contribution in [2.75, 3.05) is 13.3 Å². The zero-order valence-corrected chi connectivity index (χ0v) is 10.2. The van der Waals surface area contributed by atoms with Crippen LogP contribution in [0.15, 0.2) is 18.2 Å². The summed E-state index contributed by atoms with van der Waals surface area (Å²) >= 11 is 0. The van der Waals surface area contributed by atoms with E-state index in [1.165, 1.54) is 24.9 Å². The first-order valence-electron chi connectivity index (χ1n) is 6.45. The van der Waals surface area contributed by atoms with Gasteiger partial charge < -0.3 is 14.8 Å². The Balaban J connectivity index is 1.74. The molecule has 1 aromatic carbocycles. The largest absolute Gasteiger partial charge is 0.454 e. The van der Waals surface area contributed by atoms with E-state index < -0.39 is 0 Å². The van der Waals surface area contributed by atoms with Crippen molar-refractivity contribution in [3.05, 3.63) is 23.8 Å². The molecule has 2 atom stereocenters. The van der Waals surface area contributed by atoms with E-state index in [1.54, 1.807) is 0 Å². The van der Waals surface area contributed by atoms with E-state index >= 15 is 0 Å². The van der Waals surface area contributed by atoms with Gasteiger partial charge in [-0.3, -0.25) is 0 Å². The molecule has 0 bridgehead atoms. The molecule has 17 heavy (non-hydrogen) atoms. The molecule has 2 unspecified atom stereocenters. The SMILES string of the molecule is CC(Cc1cccc2c1OCO2)C1CCCN1. The predicted octanol–water partition coefficient (Wildman–Crippen LogP) is 2.35. The van der Waals surface area contributed by atoms with E-state index in [0.717, 1.165) is 17.9 Å². The number of nitrogens with one attached hydrogen (secondary N) is 1. The molecule has 1 N–H and O–H groups in total. The third kappa shape index (κ3) is 2.12. The number of ether oxygens (including phenoxy) is 2. The van der Waals surface area contributed by atoms with Crippen molar-refractivity contribution in [1.82, 2.24) is 5.32 Å². The minimum Gasteiger partial charge on any atom is -0.454 e. The number of rotatable bonds is 3. The van der Waals surface area contributed by atoms with Gasteiger partial charge in [0.05, 0.1) is 0 Å². The molecule has 1 saturated heterocycles. The van der Waals surface area contributed by atoms with Crippen LogP contribution in [0.4, 0.5) is 0 Å². The lowest BCUT2D eigenvalue weighted by Crippen LogP contribution is -2.29. The van der Waals surface area contributed by atoms with E-state index in [4.69, 9.17) is 9.47 Å². The van der Waals surface area contributed by atoms with Gasteiger partial charge >= 0.3 is 0 Å². The van der Waals surface area contributed by atoms with Gasteiger partial charge in [-0.1, -0.05) is 19.1 Å². The van der Waals surface area contributed by atoms with Crippen molar-refractivity contribution < 1.29 is 9.47 Å². The summed E-state index contributed by atoms with van der Waals surface area (Å²) in [4.78, 5) is 0. The molecular weight excluding hydrogens is 214 g/mol. The zero-order valence-electron chi connectivity index (χ0n) is 10.2. The maximum Gasteiger partial charge on any atom is 0.231 e. The minimum atomic E-state index is 0.363. The number of benzene rings is 1. The highest BCUT2D eigenvalue weighted by Crippen LogP contribution is 2.37. The summed E-state index contributed by atoms with van der Waals surface area (Å²) in [5, 5.41) is 3.57. The van der Waals surface area contributed by atoms with Crippen molar-refractivity contribution in [3.8, 4) is 11.5 Å². The molecule has 3 rings (SSSR count). The summed E-state index contributed by atoms with van der Waals surface area (Å²) in [6, 6.07) is 6.84. The summed E-state index contributed by atoms with van der Waals surface area (Å²) in [7, 11) is 0. The molecule has 0 radical (unpaired) electrons. The Hall–Kier alpha value is -1.22. The second-order valence-corrected chi connectivity index (χ2v) is 5.04. The number of para-hydroxylation sites is 1. The average Bonchev–Trinajstić information content (AvgIpc) is 3.00. The van der Waals surface area contributed by atoms with Crippen LogP contribution in [0.3, 0.4) is 0 Å². The lowest BCUT2D eigenvalue weighted by atomic mass is 9.92. The number of hydrogen-bond donors (Lipinski definition) is 1. The molecule has 0 aromatic heterocycles. The van der Waals surface area contributed by atoms with Gasteiger partial charge in [0.25, 0.3) is 0 Å².